The van der Waals surface area contributed by atoms with Gasteiger partial charge < -0.3 is 10.2 Å². The number of thiocarbonyl (C=S) groups is 1. The van der Waals surface area contributed by atoms with Gasteiger partial charge in [-0.25, -0.2) is 0 Å². The van der Waals surface area contributed by atoms with Crippen LogP contribution in [0, 0.1) is 0 Å². The largest absolute Gasteiger partial charge is 0.348 e. The SMILES string of the molecule is CCc1ccc(CN(C)C(=S)Nc2ccc(Cl)cc2)cc1. The molecule has 0 unspecified atom stereocenters. The summed E-state index contributed by atoms with van der Waals surface area (Å²) in [6, 6.07) is 16.2. The third kappa shape index (κ3) is 4.73. The van der Waals surface area contributed by atoms with Crippen LogP contribution in [0.15, 0.2) is 48.5 Å². The van der Waals surface area contributed by atoms with Crippen LogP contribution >= 0.6 is 23.8 Å². The minimum Gasteiger partial charge on any atom is -0.348 e. The minimum atomic E-state index is 0.692. The van der Waals surface area contributed by atoms with Crippen LogP contribution in [0.2, 0.25) is 5.02 Å². The van der Waals surface area contributed by atoms with Gasteiger partial charge in [-0.1, -0.05) is 42.8 Å². The van der Waals surface area contributed by atoms with Crippen molar-refractivity contribution in [2.24, 2.45) is 0 Å². The fourth-order valence-corrected chi connectivity index (χ4v) is 2.29. The molecule has 0 amide bonds. The Hall–Kier alpha value is -1.58. The summed E-state index contributed by atoms with van der Waals surface area (Å²) in [7, 11) is 1.99. The average molecular weight is 319 g/mol. The molecule has 0 saturated heterocycles. The van der Waals surface area contributed by atoms with Crippen LogP contribution in [-0.2, 0) is 13.0 Å². The van der Waals surface area contributed by atoms with Gasteiger partial charge in [0.2, 0.25) is 0 Å². The Kier molecular flexibility index (Phi) is 5.59. The Morgan fingerprint density at radius 2 is 1.62 bits per heavy atom. The lowest BCUT2D eigenvalue weighted by molar-refractivity contribution is 0.508. The molecule has 1 N–H and O–H groups in total. The van der Waals surface area contributed by atoms with Gasteiger partial charge in [0.1, 0.15) is 0 Å². The highest BCUT2D eigenvalue weighted by Crippen LogP contribution is 2.14. The lowest BCUT2D eigenvalue weighted by atomic mass is 10.1. The van der Waals surface area contributed by atoms with Crippen molar-refractivity contribution in [3.8, 4) is 0 Å². The molecule has 0 aliphatic rings. The van der Waals surface area contributed by atoms with Crippen molar-refractivity contribution in [3.05, 3.63) is 64.7 Å². The van der Waals surface area contributed by atoms with E-state index in [2.05, 4.69) is 36.5 Å². The number of nitrogens with zero attached hydrogens (tertiary/aromatic N) is 1. The summed E-state index contributed by atoms with van der Waals surface area (Å²) in [6.45, 7) is 2.94. The number of aryl methyl sites for hydroxylation is 1. The van der Waals surface area contributed by atoms with E-state index in [4.69, 9.17) is 23.8 Å². The molecule has 0 spiro atoms. The molecule has 0 bridgehead atoms. The van der Waals surface area contributed by atoms with Crippen LogP contribution < -0.4 is 5.32 Å². The molecule has 21 heavy (non-hydrogen) atoms. The van der Waals surface area contributed by atoms with Crippen LogP contribution in [0.25, 0.3) is 0 Å². The quantitative estimate of drug-likeness (QED) is 0.820. The molecule has 0 atom stereocenters. The molecule has 0 aliphatic heterocycles. The summed E-state index contributed by atoms with van der Waals surface area (Å²) in [5.74, 6) is 0. The van der Waals surface area contributed by atoms with E-state index in [1.54, 1.807) is 0 Å². The lowest BCUT2D eigenvalue weighted by Gasteiger charge is -2.21. The van der Waals surface area contributed by atoms with Crippen LogP contribution in [0.4, 0.5) is 5.69 Å². The number of halogens is 1. The molecule has 0 radical (unpaired) electrons. The summed E-state index contributed by atoms with van der Waals surface area (Å²) >= 11 is 11.3. The van der Waals surface area contributed by atoms with E-state index in [1.807, 2.05) is 36.2 Å². The zero-order valence-corrected chi connectivity index (χ0v) is 13.8. The number of nitrogens with one attached hydrogen (secondary N) is 1. The van der Waals surface area contributed by atoms with Gasteiger partial charge in [0.25, 0.3) is 0 Å². The summed E-state index contributed by atoms with van der Waals surface area (Å²) in [6.07, 6.45) is 1.06. The Balaban J connectivity index is 1.93. The highest BCUT2D eigenvalue weighted by atomic mass is 35.5. The number of benzene rings is 2. The van der Waals surface area contributed by atoms with Crippen molar-refractivity contribution in [1.29, 1.82) is 0 Å². The zero-order chi connectivity index (χ0) is 15.2. The van der Waals surface area contributed by atoms with Crippen LogP contribution in [-0.4, -0.2) is 17.1 Å². The first kappa shape index (κ1) is 15.8. The number of hydrogen-bond donors (Lipinski definition) is 1. The highest BCUT2D eigenvalue weighted by Gasteiger charge is 2.05. The first-order valence-corrected chi connectivity index (χ1v) is 7.72. The Bertz CT molecular complexity index is 593. The summed E-state index contributed by atoms with van der Waals surface area (Å²) in [4.78, 5) is 2.02. The lowest BCUT2D eigenvalue weighted by Crippen LogP contribution is -2.30. The van der Waals surface area contributed by atoms with Crippen LogP contribution in [0.3, 0.4) is 0 Å². The average Bonchev–Trinajstić information content (AvgIpc) is 2.50. The van der Waals surface area contributed by atoms with E-state index in [9.17, 15) is 0 Å². The molecular weight excluding hydrogens is 300 g/mol. The fraction of sp³-hybridized carbons (Fsp3) is 0.235. The van der Waals surface area contributed by atoms with Gasteiger partial charge in [-0.2, -0.15) is 0 Å². The Morgan fingerprint density at radius 1 is 1.05 bits per heavy atom. The molecule has 0 aromatic heterocycles. The van der Waals surface area contributed by atoms with Gasteiger partial charge >= 0.3 is 0 Å². The standard InChI is InChI=1S/C17H19ClN2S/c1-3-13-4-6-14(7-5-13)12-20(2)17(21)19-16-10-8-15(18)9-11-16/h4-11H,3,12H2,1-2H3,(H,19,21). The third-order valence-electron chi connectivity index (χ3n) is 3.29. The molecule has 0 aliphatic carbocycles. The van der Waals surface area contributed by atoms with Crippen LogP contribution in [0.1, 0.15) is 18.1 Å². The maximum atomic E-state index is 5.87. The van der Waals surface area contributed by atoms with Gasteiger partial charge in [-0.3, -0.25) is 0 Å². The van der Waals surface area contributed by atoms with Crippen molar-refractivity contribution in [1.82, 2.24) is 4.90 Å². The summed E-state index contributed by atoms with van der Waals surface area (Å²) in [5, 5.41) is 4.62. The first-order chi connectivity index (χ1) is 10.1. The van der Waals surface area contributed by atoms with Gasteiger partial charge in [-0.05, 0) is 54.0 Å². The molecule has 2 rings (SSSR count). The molecular formula is C17H19ClN2S. The smallest absolute Gasteiger partial charge is 0.173 e. The predicted octanol–water partition coefficient (Wildman–Crippen LogP) is 4.73. The Labute approximate surface area is 136 Å². The summed E-state index contributed by atoms with van der Waals surface area (Å²) in [5.41, 5.74) is 3.54. The topological polar surface area (TPSA) is 15.3 Å². The molecule has 2 nitrogen and oxygen atoms in total. The maximum absolute atomic E-state index is 5.87. The second kappa shape index (κ2) is 7.43. The van der Waals surface area contributed by atoms with E-state index < -0.39 is 0 Å². The minimum absolute atomic E-state index is 0.692. The highest BCUT2D eigenvalue weighted by molar-refractivity contribution is 7.80. The van der Waals surface area contributed by atoms with E-state index in [0.29, 0.717) is 5.11 Å². The second-order valence-electron chi connectivity index (χ2n) is 4.96. The Morgan fingerprint density at radius 3 is 2.19 bits per heavy atom. The fourth-order valence-electron chi connectivity index (χ4n) is 1.98. The third-order valence-corrected chi connectivity index (χ3v) is 3.96. The van der Waals surface area contributed by atoms with Gasteiger partial charge in [0.05, 0.1) is 0 Å². The normalized spacial score (nSPS) is 10.2. The number of anilines is 1. The van der Waals surface area contributed by atoms with Gasteiger partial charge in [0, 0.05) is 24.3 Å². The monoisotopic (exact) mass is 318 g/mol. The van der Waals surface area contributed by atoms with Crippen LogP contribution in [0.5, 0.6) is 0 Å². The van der Waals surface area contributed by atoms with Gasteiger partial charge in [-0.15, -0.1) is 0 Å². The molecule has 2 aromatic rings. The molecule has 4 heteroatoms. The van der Waals surface area contributed by atoms with E-state index >= 15 is 0 Å². The summed E-state index contributed by atoms with van der Waals surface area (Å²) < 4.78 is 0. The van der Waals surface area contributed by atoms with Crippen molar-refractivity contribution in [2.45, 2.75) is 19.9 Å². The number of hydrogen-bond acceptors (Lipinski definition) is 1. The van der Waals surface area contributed by atoms with E-state index in [0.717, 1.165) is 23.7 Å². The first-order valence-electron chi connectivity index (χ1n) is 6.94. The van der Waals surface area contributed by atoms with Crippen molar-refractivity contribution in [3.63, 3.8) is 0 Å². The molecule has 0 heterocycles. The molecule has 2 aromatic carbocycles. The zero-order valence-electron chi connectivity index (χ0n) is 12.3. The molecule has 110 valence electrons. The van der Waals surface area contributed by atoms with Crippen molar-refractivity contribution < 1.29 is 0 Å². The molecule has 0 fully saturated rings. The molecule has 0 saturated carbocycles. The van der Waals surface area contributed by atoms with Crippen molar-refractivity contribution >= 4 is 34.6 Å². The predicted molar refractivity (Wildman–Crippen MR) is 95.0 cm³/mol. The van der Waals surface area contributed by atoms with E-state index in [1.165, 1.54) is 11.1 Å². The van der Waals surface area contributed by atoms with Crippen molar-refractivity contribution in [2.75, 3.05) is 12.4 Å². The second-order valence-corrected chi connectivity index (χ2v) is 5.79. The number of rotatable bonds is 4. The maximum Gasteiger partial charge on any atom is 0.173 e. The van der Waals surface area contributed by atoms with Gasteiger partial charge in [0.15, 0.2) is 5.11 Å². The van der Waals surface area contributed by atoms with E-state index in [-0.39, 0.29) is 0 Å².